The van der Waals surface area contributed by atoms with E-state index in [9.17, 15) is 5.11 Å². The second kappa shape index (κ2) is 8.99. The molecule has 4 heterocycles. The molecule has 0 bridgehead atoms. The Bertz CT molecular complexity index is 1420. The van der Waals surface area contributed by atoms with Gasteiger partial charge in [0, 0.05) is 64.6 Å². The van der Waals surface area contributed by atoms with Gasteiger partial charge in [0.05, 0.1) is 18.2 Å². The molecule has 5 aromatic rings. The number of benzene rings is 1. The standard InChI is InChI=1S/C24H27N9O/c1-29(15-18-5-4-6-19(13-18)20-14-28-30(2)16-20)22-21-7-9-33(23(21)27-17-26-22)31(3)24-25-8-10-32(24)11-12-34/h4-10,13-14,16-17,34H,11-12,15H2,1-3H3. The smallest absolute Gasteiger partial charge is 0.224 e. The van der Waals surface area contributed by atoms with Crippen molar-refractivity contribution >= 4 is 22.8 Å². The summed E-state index contributed by atoms with van der Waals surface area (Å²) in [6.45, 7) is 1.21. The number of aryl methyl sites for hydroxylation is 1. The average molecular weight is 458 g/mol. The van der Waals surface area contributed by atoms with E-state index in [1.807, 2.05) is 70.9 Å². The molecule has 34 heavy (non-hydrogen) atoms. The summed E-state index contributed by atoms with van der Waals surface area (Å²) in [4.78, 5) is 15.7. The fourth-order valence-electron chi connectivity index (χ4n) is 4.21. The average Bonchev–Trinajstić information content (AvgIpc) is 3.58. The van der Waals surface area contributed by atoms with Gasteiger partial charge in [0.1, 0.15) is 12.1 Å². The molecule has 0 unspecified atom stereocenters. The third-order valence-electron chi connectivity index (χ3n) is 5.83. The normalized spacial score (nSPS) is 11.3. The lowest BCUT2D eigenvalue weighted by molar-refractivity contribution is 0.276. The predicted octanol–water partition coefficient (Wildman–Crippen LogP) is 2.56. The van der Waals surface area contributed by atoms with Crippen LogP contribution in [0.15, 0.2) is 67.6 Å². The van der Waals surface area contributed by atoms with Crippen LogP contribution in [0.3, 0.4) is 0 Å². The Labute approximate surface area is 197 Å². The third-order valence-corrected chi connectivity index (χ3v) is 5.83. The van der Waals surface area contributed by atoms with E-state index in [-0.39, 0.29) is 6.61 Å². The summed E-state index contributed by atoms with van der Waals surface area (Å²) in [5.41, 5.74) is 4.19. The van der Waals surface area contributed by atoms with Crippen molar-refractivity contribution in [2.45, 2.75) is 13.1 Å². The number of imidazole rings is 1. The van der Waals surface area contributed by atoms with Gasteiger partial charge in [0.15, 0.2) is 5.65 Å². The van der Waals surface area contributed by atoms with Crippen LogP contribution in [0.4, 0.5) is 11.8 Å². The van der Waals surface area contributed by atoms with E-state index in [4.69, 9.17) is 0 Å². The molecule has 0 saturated carbocycles. The van der Waals surface area contributed by atoms with Crippen LogP contribution in [-0.4, -0.2) is 59.8 Å². The largest absolute Gasteiger partial charge is 0.395 e. The first-order valence-corrected chi connectivity index (χ1v) is 11.0. The van der Waals surface area contributed by atoms with E-state index in [2.05, 4.69) is 49.2 Å². The monoisotopic (exact) mass is 457 g/mol. The molecule has 0 aliphatic rings. The molecule has 5 rings (SSSR count). The molecule has 174 valence electrons. The van der Waals surface area contributed by atoms with Crippen molar-refractivity contribution < 1.29 is 5.11 Å². The van der Waals surface area contributed by atoms with Crippen LogP contribution in [0.25, 0.3) is 22.2 Å². The van der Waals surface area contributed by atoms with Gasteiger partial charge in [-0.3, -0.25) is 9.69 Å². The van der Waals surface area contributed by atoms with Crippen molar-refractivity contribution in [2.24, 2.45) is 7.05 Å². The predicted molar refractivity (Wildman–Crippen MR) is 131 cm³/mol. The van der Waals surface area contributed by atoms with Crippen molar-refractivity contribution in [2.75, 3.05) is 30.6 Å². The van der Waals surface area contributed by atoms with Gasteiger partial charge in [0.25, 0.3) is 0 Å². The van der Waals surface area contributed by atoms with E-state index in [1.54, 1.807) is 12.5 Å². The number of aromatic nitrogens is 7. The molecule has 0 spiro atoms. The molecule has 4 aromatic heterocycles. The Morgan fingerprint density at radius 1 is 1.03 bits per heavy atom. The van der Waals surface area contributed by atoms with E-state index in [0.717, 1.165) is 28.0 Å². The molecular formula is C24H27N9O. The number of nitrogens with zero attached hydrogens (tertiary/aromatic N) is 9. The van der Waals surface area contributed by atoms with E-state index < -0.39 is 0 Å². The SMILES string of the molecule is CN(Cc1cccc(-c2cnn(C)c2)c1)c1ncnc2c1ccn2N(C)c1nccn1CCO. The topological polar surface area (TPSA) is 93.1 Å². The molecule has 10 nitrogen and oxygen atoms in total. The number of anilines is 2. The maximum absolute atomic E-state index is 9.34. The first-order valence-electron chi connectivity index (χ1n) is 11.0. The van der Waals surface area contributed by atoms with Gasteiger partial charge in [-0.05, 0) is 23.3 Å². The molecule has 10 heteroatoms. The van der Waals surface area contributed by atoms with Crippen LogP contribution >= 0.6 is 0 Å². The summed E-state index contributed by atoms with van der Waals surface area (Å²) in [6.07, 6.45) is 11.0. The number of rotatable bonds is 8. The Morgan fingerprint density at radius 2 is 1.91 bits per heavy atom. The summed E-state index contributed by atoms with van der Waals surface area (Å²) >= 11 is 0. The van der Waals surface area contributed by atoms with Crippen LogP contribution < -0.4 is 9.91 Å². The molecule has 0 amide bonds. The Morgan fingerprint density at radius 3 is 2.71 bits per heavy atom. The summed E-state index contributed by atoms with van der Waals surface area (Å²) < 4.78 is 5.65. The highest BCUT2D eigenvalue weighted by Crippen LogP contribution is 2.27. The van der Waals surface area contributed by atoms with Crippen molar-refractivity contribution in [3.05, 3.63) is 73.2 Å². The molecule has 0 atom stereocenters. The minimum Gasteiger partial charge on any atom is -0.395 e. The zero-order chi connectivity index (χ0) is 23.7. The fourth-order valence-corrected chi connectivity index (χ4v) is 4.21. The van der Waals surface area contributed by atoms with Gasteiger partial charge in [0.2, 0.25) is 5.95 Å². The van der Waals surface area contributed by atoms with Crippen LogP contribution in [-0.2, 0) is 20.1 Å². The fraction of sp³-hybridized carbons (Fsp3) is 0.250. The van der Waals surface area contributed by atoms with Crippen molar-refractivity contribution in [1.29, 1.82) is 0 Å². The van der Waals surface area contributed by atoms with Gasteiger partial charge in [-0.2, -0.15) is 5.10 Å². The molecular weight excluding hydrogens is 430 g/mol. The number of hydrogen-bond acceptors (Lipinski definition) is 7. The number of hydrogen-bond donors (Lipinski definition) is 1. The molecule has 1 aromatic carbocycles. The molecule has 0 saturated heterocycles. The summed E-state index contributed by atoms with van der Waals surface area (Å²) in [6, 6.07) is 10.5. The maximum Gasteiger partial charge on any atom is 0.224 e. The highest BCUT2D eigenvalue weighted by molar-refractivity contribution is 5.88. The first-order chi connectivity index (χ1) is 16.5. The van der Waals surface area contributed by atoms with E-state index in [1.165, 1.54) is 5.56 Å². The van der Waals surface area contributed by atoms with E-state index >= 15 is 0 Å². The Balaban J connectivity index is 1.43. The number of aliphatic hydroxyl groups excluding tert-OH is 1. The summed E-state index contributed by atoms with van der Waals surface area (Å²) in [7, 11) is 5.88. The molecule has 0 fully saturated rings. The zero-order valence-corrected chi connectivity index (χ0v) is 19.4. The third kappa shape index (κ3) is 3.99. The molecule has 1 N–H and O–H groups in total. The van der Waals surface area contributed by atoms with Crippen molar-refractivity contribution in [3.63, 3.8) is 0 Å². The van der Waals surface area contributed by atoms with Crippen molar-refractivity contribution in [1.82, 2.24) is 34.0 Å². The molecule has 0 aliphatic carbocycles. The lowest BCUT2D eigenvalue weighted by Gasteiger charge is -2.22. The first kappa shape index (κ1) is 21.7. The van der Waals surface area contributed by atoms with Crippen LogP contribution in [0, 0.1) is 0 Å². The summed E-state index contributed by atoms with van der Waals surface area (Å²) in [5, 5.41) is 16.5. The van der Waals surface area contributed by atoms with E-state index in [0.29, 0.717) is 19.0 Å². The highest BCUT2D eigenvalue weighted by Gasteiger charge is 2.17. The highest BCUT2D eigenvalue weighted by atomic mass is 16.3. The summed E-state index contributed by atoms with van der Waals surface area (Å²) in [5.74, 6) is 1.56. The van der Waals surface area contributed by atoms with Gasteiger partial charge in [-0.15, -0.1) is 0 Å². The zero-order valence-electron chi connectivity index (χ0n) is 19.4. The van der Waals surface area contributed by atoms with Crippen LogP contribution in [0.5, 0.6) is 0 Å². The van der Waals surface area contributed by atoms with Gasteiger partial charge < -0.3 is 14.6 Å². The maximum atomic E-state index is 9.34. The Kier molecular flexibility index (Phi) is 5.72. The lowest BCUT2D eigenvalue weighted by atomic mass is 10.1. The molecule has 0 radical (unpaired) electrons. The number of aliphatic hydroxyl groups is 1. The number of fused-ring (bicyclic) bond motifs is 1. The lowest BCUT2D eigenvalue weighted by Crippen LogP contribution is -2.27. The molecule has 0 aliphatic heterocycles. The second-order valence-electron chi connectivity index (χ2n) is 8.22. The van der Waals surface area contributed by atoms with Gasteiger partial charge in [-0.1, -0.05) is 18.2 Å². The quantitative estimate of drug-likeness (QED) is 0.383. The van der Waals surface area contributed by atoms with Gasteiger partial charge in [-0.25, -0.2) is 19.6 Å². The Hall–Kier alpha value is -4.18. The van der Waals surface area contributed by atoms with Gasteiger partial charge >= 0.3 is 0 Å². The minimum atomic E-state index is 0.0444. The van der Waals surface area contributed by atoms with Crippen LogP contribution in [0.2, 0.25) is 0 Å². The van der Waals surface area contributed by atoms with Crippen LogP contribution in [0.1, 0.15) is 5.56 Å². The minimum absolute atomic E-state index is 0.0444. The second-order valence-corrected chi connectivity index (χ2v) is 8.22. The van der Waals surface area contributed by atoms with Crippen molar-refractivity contribution in [3.8, 4) is 11.1 Å².